The predicted molar refractivity (Wildman–Crippen MR) is 104 cm³/mol. The third-order valence-electron chi connectivity index (χ3n) is 4.30. The molecule has 0 spiro atoms. The lowest BCUT2D eigenvalue weighted by molar-refractivity contribution is 1.22. The first-order valence-electron chi connectivity index (χ1n) is 8.36. The maximum atomic E-state index is 12.9. The highest BCUT2D eigenvalue weighted by Gasteiger charge is 2.20. The van der Waals surface area contributed by atoms with E-state index in [1.165, 1.54) is 0 Å². The van der Waals surface area contributed by atoms with Crippen LogP contribution >= 0.6 is 0 Å². The zero-order chi connectivity index (χ0) is 18.6. The number of benzene rings is 1. The molecule has 0 amide bonds. The Morgan fingerprint density at radius 3 is 2.48 bits per heavy atom. The number of rotatable bonds is 3. The van der Waals surface area contributed by atoms with Crippen molar-refractivity contribution in [2.24, 2.45) is 0 Å². The highest BCUT2D eigenvalue weighted by atomic mass is 16.1. The monoisotopic (exact) mass is 350 g/mol. The summed E-state index contributed by atoms with van der Waals surface area (Å²) in [5.74, 6) is 0. The van der Waals surface area contributed by atoms with E-state index >= 15 is 0 Å². The number of nitrogens with zero attached hydrogens (tertiary/aromatic N) is 3. The Balaban J connectivity index is 2.13. The van der Waals surface area contributed by atoms with Crippen LogP contribution < -0.4 is 5.56 Å². The molecule has 0 fully saturated rings. The summed E-state index contributed by atoms with van der Waals surface area (Å²) in [5.41, 5.74) is 4.17. The van der Waals surface area contributed by atoms with E-state index in [-0.39, 0.29) is 5.56 Å². The number of aromatic nitrogens is 3. The summed E-state index contributed by atoms with van der Waals surface area (Å²) in [7, 11) is 0. The molecule has 3 heterocycles. The molecular weight excluding hydrogens is 336 g/mol. The van der Waals surface area contributed by atoms with Gasteiger partial charge in [0.1, 0.15) is 0 Å². The van der Waals surface area contributed by atoms with Crippen LogP contribution in [0.3, 0.4) is 0 Å². The smallest absolute Gasteiger partial charge is 0.256 e. The molecule has 0 aliphatic heterocycles. The van der Waals surface area contributed by atoms with Gasteiger partial charge in [-0.15, -0.1) is 0 Å². The zero-order valence-corrected chi connectivity index (χ0v) is 14.3. The molecule has 5 nitrogen and oxygen atoms in total. The van der Waals surface area contributed by atoms with Crippen LogP contribution in [0.2, 0.25) is 0 Å². The lowest BCUT2D eigenvalue weighted by atomic mass is 9.90. The van der Waals surface area contributed by atoms with Crippen molar-refractivity contribution < 1.29 is 0 Å². The topological polar surface area (TPSA) is 82.4 Å². The van der Waals surface area contributed by atoms with E-state index in [2.05, 4.69) is 21.0 Å². The van der Waals surface area contributed by atoms with Crippen molar-refractivity contribution in [2.45, 2.75) is 0 Å². The molecular formula is C22H14N4O. The number of hydrogen-bond acceptors (Lipinski definition) is 4. The SMILES string of the molecule is N#Cc1ccccc1-c1c(-c2cccnc2)c(-c2ccccn2)c[nH]c1=O. The average Bonchev–Trinajstić information content (AvgIpc) is 2.74. The van der Waals surface area contributed by atoms with E-state index in [4.69, 9.17) is 0 Å². The van der Waals surface area contributed by atoms with Gasteiger partial charge in [-0.1, -0.05) is 30.3 Å². The second-order valence-corrected chi connectivity index (χ2v) is 5.90. The zero-order valence-electron chi connectivity index (χ0n) is 14.3. The number of nitrogens with one attached hydrogen (secondary N) is 1. The number of pyridine rings is 3. The second kappa shape index (κ2) is 7.06. The Labute approximate surface area is 155 Å². The molecule has 0 radical (unpaired) electrons. The Hall–Kier alpha value is -4.04. The molecule has 27 heavy (non-hydrogen) atoms. The van der Waals surface area contributed by atoms with Gasteiger partial charge in [0.2, 0.25) is 0 Å². The van der Waals surface area contributed by atoms with Gasteiger partial charge in [-0.25, -0.2) is 0 Å². The number of aromatic amines is 1. The van der Waals surface area contributed by atoms with Gasteiger partial charge in [0, 0.05) is 47.0 Å². The molecule has 0 aliphatic rings. The molecule has 1 N–H and O–H groups in total. The summed E-state index contributed by atoms with van der Waals surface area (Å²) in [6.45, 7) is 0. The third kappa shape index (κ3) is 3.00. The highest BCUT2D eigenvalue weighted by Crippen LogP contribution is 2.37. The molecule has 4 rings (SSSR count). The van der Waals surface area contributed by atoms with Crippen molar-refractivity contribution in [3.05, 3.63) is 95.3 Å². The fourth-order valence-electron chi connectivity index (χ4n) is 3.12. The van der Waals surface area contributed by atoms with Gasteiger partial charge in [0.05, 0.1) is 22.9 Å². The summed E-state index contributed by atoms with van der Waals surface area (Å²) in [5, 5.41) is 9.53. The fourth-order valence-corrected chi connectivity index (χ4v) is 3.12. The van der Waals surface area contributed by atoms with Gasteiger partial charge >= 0.3 is 0 Å². The minimum atomic E-state index is -0.267. The van der Waals surface area contributed by atoms with E-state index in [1.807, 2.05) is 36.4 Å². The minimum absolute atomic E-state index is 0.267. The van der Waals surface area contributed by atoms with Crippen molar-refractivity contribution >= 4 is 0 Å². The fraction of sp³-hybridized carbons (Fsp3) is 0. The Kier molecular flexibility index (Phi) is 4.30. The summed E-state index contributed by atoms with van der Waals surface area (Å²) < 4.78 is 0. The van der Waals surface area contributed by atoms with Gasteiger partial charge < -0.3 is 4.98 Å². The van der Waals surface area contributed by atoms with Crippen LogP contribution in [0, 0.1) is 11.3 Å². The normalized spacial score (nSPS) is 10.3. The maximum Gasteiger partial charge on any atom is 0.256 e. The van der Waals surface area contributed by atoms with Crippen LogP contribution in [-0.2, 0) is 0 Å². The van der Waals surface area contributed by atoms with Crippen molar-refractivity contribution in [1.82, 2.24) is 15.0 Å². The molecule has 3 aromatic heterocycles. The average molecular weight is 350 g/mol. The largest absolute Gasteiger partial charge is 0.328 e. The molecule has 4 aromatic rings. The van der Waals surface area contributed by atoms with E-state index in [0.29, 0.717) is 22.3 Å². The van der Waals surface area contributed by atoms with Crippen LogP contribution in [0.5, 0.6) is 0 Å². The van der Waals surface area contributed by atoms with Crippen LogP contribution in [0.4, 0.5) is 0 Å². The van der Waals surface area contributed by atoms with Gasteiger partial charge in [-0.3, -0.25) is 14.8 Å². The predicted octanol–water partition coefficient (Wildman–Crippen LogP) is 4.04. The van der Waals surface area contributed by atoms with E-state index < -0.39 is 0 Å². The summed E-state index contributed by atoms with van der Waals surface area (Å²) in [6, 6.07) is 18.6. The first-order chi connectivity index (χ1) is 13.3. The molecule has 128 valence electrons. The van der Waals surface area contributed by atoms with E-state index in [0.717, 1.165) is 16.8 Å². The van der Waals surface area contributed by atoms with Crippen LogP contribution in [0.1, 0.15) is 5.56 Å². The maximum absolute atomic E-state index is 12.9. The molecule has 0 atom stereocenters. The first kappa shape index (κ1) is 16.4. The highest BCUT2D eigenvalue weighted by molar-refractivity contribution is 5.93. The quantitative estimate of drug-likeness (QED) is 0.604. The summed E-state index contributed by atoms with van der Waals surface area (Å²) in [6.07, 6.45) is 6.75. The van der Waals surface area contributed by atoms with Gasteiger partial charge in [0.25, 0.3) is 5.56 Å². The molecule has 5 heteroatoms. The lowest BCUT2D eigenvalue weighted by Crippen LogP contribution is -2.12. The van der Waals surface area contributed by atoms with Crippen LogP contribution in [0.15, 0.2) is 84.2 Å². The number of H-pyrrole nitrogens is 1. The van der Waals surface area contributed by atoms with Crippen molar-refractivity contribution in [1.29, 1.82) is 5.26 Å². The van der Waals surface area contributed by atoms with E-state index in [9.17, 15) is 10.1 Å². The van der Waals surface area contributed by atoms with Gasteiger partial charge in [-0.05, 0) is 24.3 Å². The molecule has 0 saturated carbocycles. The number of hydrogen-bond donors (Lipinski definition) is 1. The minimum Gasteiger partial charge on any atom is -0.328 e. The lowest BCUT2D eigenvalue weighted by Gasteiger charge is -2.15. The molecule has 0 bridgehead atoms. The molecule has 0 saturated heterocycles. The second-order valence-electron chi connectivity index (χ2n) is 5.90. The van der Waals surface area contributed by atoms with Gasteiger partial charge in [0.15, 0.2) is 0 Å². The van der Waals surface area contributed by atoms with Gasteiger partial charge in [-0.2, -0.15) is 5.26 Å². The molecule has 0 aliphatic carbocycles. The molecule has 0 unspecified atom stereocenters. The summed E-state index contributed by atoms with van der Waals surface area (Å²) in [4.78, 5) is 24.3. The first-order valence-corrected chi connectivity index (χ1v) is 8.36. The van der Waals surface area contributed by atoms with Crippen molar-refractivity contribution in [3.8, 4) is 39.6 Å². The van der Waals surface area contributed by atoms with E-state index in [1.54, 1.807) is 43.0 Å². The van der Waals surface area contributed by atoms with Crippen LogP contribution in [0.25, 0.3) is 33.5 Å². The molecule has 1 aromatic carbocycles. The standard InChI is InChI=1S/C22H14N4O/c23-12-15-6-1-2-8-17(15)21-20(16-7-5-10-24-13-16)18(14-26-22(21)27)19-9-3-4-11-25-19/h1-11,13-14H,(H,26,27). The Morgan fingerprint density at radius 2 is 1.74 bits per heavy atom. The van der Waals surface area contributed by atoms with Crippen molar-refractivity contribution in [2.75, 3.05) is 0 Å². The summed E-state index contributed by atoms with van der Waals surface area (Å²) >= 11 is 0. The van der Waals surface area contributed by atoms with Crippen molar-refractivity contribution in [3.63, 3.8) is 0 Å². The Bertz CT molecular complexity index is 1190. The van der Waals surface area contributed by atoms with Crippen LogP contribution in [-0.4, -0.2) is 15.0 Å². The third-order valence-corrected chi connectivity index (χ3v) is 4.30. The number of nitriles is 1. The Morgan fingerprint density at radius 1 is 0.889 bits per heavy atom.